The first kappa shape index (κ1) is 14.8. The van der Waals surface area contributed by atoms with E-state index in [2.05, 4.69) is 32.1 Å². The minimum absolute atomic E-state index is 0.701. The molecule has 22 heavy (non-hydrogen) atoms. The van der Waals surface area contributed by atoms with Gasteiger partial charge in [0.2, 0.25) is 5.95 Å². The average Bonchev–Trinajstić information content (AvgIpc) is 2.57. The van der Waals surface area contributed by atoms with Gasteiger partial charge in [-0.25, -0.2) is 4.98 Å². The lowest BCUT2D eigenvalue weighted by molar-refractivity contribution is 0.436. The Morgan fingerprint density at radius 3 is 2.77 bits per heavy atom. The molecule has 0 saturated carbocycles. The van der Waals surface area contributed by atoms with Crippen LogP contribution in [0, 0.1) is 5.92 Å². The van der Waals surface area contributed by atoms with Crippen molar-refractivity contribution in [3.63, 3.8) is 0 Å². The Balaban J connectivity index is 1.55. The molecule has 1 aliphatic rings. The summed E-state index contributed by atoms with van der Waals surface area (Å²) in [4.78, 5) is 15.6. The Labute approximate surface area is 131 Å². The van der Waals surface area contributed by atoms with Crippen molar-refractivity contribution in [1.29, 1.82) is 0 Å². The van der Waals surface area contributed by atoms with Crippen molar-refractivity contribution in [3.05, 3.63) is 42.4 Å². The average molecular weight is 297 g/mol. The molecule has 0 bridgehead atoms. The topological polar surface area (TPSA) is 53.9 Å². The smallest absolute Gasteiger partial charge is 0.224 e. The molecule has 3 rings (SSSR count). The molecule has 0 amide bonds. The molecule has 5 nitrogen and oxygen atoms in total. The van der Waals surface area contributed by atoms with Crippen molar-refractivity contribution >= 4 is 11.8 Å². The summed E-state index contributed by atoms with van der Waals surface area (Å²) in [6, 6.07) is 7.98. The lowest BCUT2D eigenvalue weighted by Crippen LogP contribution is -2.33. The van der Waals surface area contributed by atoms with Gasteiger partial charge in [0.25, 0.3) is 0 Å². The van der Waals surface area contributed by atoms with Gasteiger partial charge in [-0.2, -0.15) is 4.98 Å². The van der Waals surface area contributed by atoms with Crippen LogP contribution in [0.5, 0.6) is 0 Å². The van der Waals surface area contributed by atoms with Crippen LogP contribution in [0.15, 0.2) is 36.7 Å². The summed E-state index contributed by atoms with van der Waals surface area (Å²) < 4.78 is 0. The molecule has 1 saturated heterocycles. The lowest BCUT2D eigenvalue weighted by atomic mass is 9.99. The second-order valence-corrected chi connectivity index (χ2v) is 5.91. The van der Waals surface area contributed by atoms with Crippen LogP contribution in [-0.2, 0) is 6.42 Å². The summed E-state index contributed by atoms with van der Waals surface area (Å²) in [6.07, 6.45) is 7.02. The molecule has 1 N–H and O–H groups in total. The third-order valence-electron chi connectivity index (χ3n) is 4.14. The molecule has 0 aromatic carbocycles. The zero-order chi connectivity index (χ0) is 15.2. The van der Waals surface area contributed by atoms with Crippen molar-refractivity contribution < 1.29 is 0 Å². The Kier molecular flexibility index (Phi) is 4.83. The fourth-order valence-electron chi connectivity index (χ4n) is 2.70. The molecule has 5 heteroatoms. The van der Waals surface area contributed by atoms with E-state index in [1.54, 1.807) is 0 Å². The molecule has 0 radical (unpaired) electrons. The second kappa shape index (κ2) is 7.20. The minimum atomic E-state index is 0.701. The van der Waals surface area contributed by atoms with Crippen LogP contribution in [-0.4, -0.2) is 34.6 Å². The van der Waals surface area contributed by atoms with Crippen LogP contribution in [0.25, 0.3) is 0 Å². The lowest BCUT2D eigenvalue weighted by Gasteiger charge is -2.31. The number of hydrogen-bond acceptors (Lipinski definition) is 5. The van der Waals surface area contributed by atoms with E-state index in [9.17, 15) is 0 Å². The van der Waals surface area contributed by atoms with Gasteiger partial charge in [0.15, 0.2) is 0 Å². The highest BCUT2D eigenvalue weighted by Gasteiger charge is 2.17. The quantitative estimate of drug-likeness (QED) is 0.919. The minimum Gasteiger partial charge on any atom is -0.356 e. The molecule has 0 unspecified atom stereocenters. The second-order valence-electron chi connectivity index (χ2n) is 5.91. The van der Waals surface area contributed by atoms with Crippen molar-refractivity contribution in [2.75, 3.05) is 29.9 Å². The van der Waals surface area contributed by atoms with Gasteiger partial charge in [-0.3, -0.25) is 4.98 Å². The fraction of sp³-hybridized carbons (Fsp3) is 0.471. The number of rotatable bonds is 5. The first-order valence-corrected chi connectivity index (χ1v) is 8.03. The summed E-state index contributed by atoms with van der Waals surface area (Å²) in [5.41, 5.74) is 1.08. The highest BCUT2D eigenvalue weighted by molar-refractivity contribution is 5.42. The van der Waals surface area contributed by atoms with Crippen molar-refractivity contribution in [1.82, 2.24) is 15.0 Å². The molecule has 116 valence electrons. The van der Waals surface area contributed by atoms with Crippen molar-refractivity contribution in [2.24, 2.45) is 5.92 Å². The molecule has 0 aliphatic carbocycles. The molecule has 0 spiro atoms. The first-order chi connectivity index (χ1) is 10.8. The summed E-state index contributed by atoms with van der Waals surface area (Å²) in [5.74, 6) is 2.56. The van der Waals surface area contributed by atoms with Gasteiger partial charge in [0.1, 0.15) is 5.82 Å². The first-order valence-electron chi connectivity index (χ1n) is 8.03. The highest BCUT2D eigenvalue weighted by atomic mass is 15.2. The van der Waals surface area contributed by atoms with Crippen molar-refractivity contribution in [3.8, 4) is 0 Å². The van der Waals surface area contributed by atoms with Crippen LogP contribution in [0.4, 0.5) is 11.8 Å². The largest absolute Gasteiger partial charge is 0.356 e. The summed E-state index contributed by atoms with van der Waals surface area (Å²) in [6.45, 7) is 5.29. The van der Waals surface area contributed by atoms with Gasteiger partial charge < -0.3 is 10.2 Å². The van der Waals surface area contributed by atoms with E-state index in [0.717, 1.165) is 43.5 Å². The van der Waals surface area contributed by atoms with E-state index in [-0.39, 0.29) is 0 Å². The van der Waals surface area contributed by atoms with Gasteiger partial charge in [-0.1, -0.05) is 13.0 Å². The van der Waals surface area contributed by atoms with Crippen LogP contribution < -0.4 is 10.2 Å². The van der Waals surface area contributed by atoms with Gasteiger partial charge >= 0.3 is 0 Å². The molecule has 1 fully saturated rings. The Morgan fingerprint density at radius 2 is 2.00 bits per heavy atom. The third kappa shape index (κ3) is 3.93. The van der Waals surface area contributed by atoms with Crippen molar-refractivity contribution in [2.45, 2.75) is 26.2 Å². The van der Waals surface area contributed by atoms with Crippen LogP contribution in [0.1, 0.15) is 25.5 Å². The number of pyridine rings is 1. The molecule has 1 aliphatic heterocycles. The summed E-state index contributed by atoms with van der Waals surface area (Å²) in [7, 11) is 0. The van der Waals surface area contributed by atoms with E-state index in [4.69, 9.17) is 0 Å². The van der Waals surface area contributed by atoms with Crippen LogP contribution in [0.3, 0.4) is 0 Å². The summed E-state index contributed by atoms with van der Waals surface area (Å²) >= 11 is 0. The maximum Gasteiger partial charge on any atom is 0.224 e. The third-order valence-corrected chi connectivity index (χ3v) is 4.14. The molecular weight excluding hydrogens is 274 g/mol. The van der Waals surface area contributed by atoms with E-state index in [0.29, 0.717) is 5.95 Å². The van der Waals surface area contributed by atoms with Gasteiger partial charge in [0, 0.05) is 44.1 Å². The number of hydrogen-bond donors (Lipinski definition) is 1. The van der Waals surface area contributed by atoms with Gasteiger partial charge in [-0.05, 0) is 37.0 Å². The van der Waals surface area contributed by atoms with E-state index in [1.165, 1.54) is 12.8 Å². The zero-order valence-corrected chi connectivity index (χ0v) is 13.1. The number of nitrogens with zero attached hydrogens (tertiary/aromatic N) is 4. The number of aromatic nitrogens is 3. The fourth-order valence-corrected chi connectivity index (χ4v) is 2.70. The maximum absolute atomic E-state index is 4.64. The van der Waals surface area contributed by atoms with E-state index >= 15 is 0 Å². The predicted octanol–water partition coefficient (Wildman–Crippen LogP) is 2.76. The Bertz CT molecular complexity index is 579. The highest BCUT2D eigenvalue weighted by Crippen LogP contribution is 2.21. The Hall–Kier alpha value is -2.17. The monoisotopic (exact) mass is 297 g/mol. The van der Waals surface area contributed by atoms with Crippen LogP contribution >= 0.6 is 0 Å². The molecule has 2 aromatic rings. The zero-order valence-electron chi connectivity index (χ0n) is 13.1. The number of nitrogens with one attached hydrogen (secondary N) is 1. The van der Waals surface area contributed by atoms with E-state index < -0.39 is 0 Å². The molecule has 3 heterocycles. The standard InChI is InChI=1S/C17H23N5/c1-14-7-12-22(13-8-14)16-6-11-20-17(21-16)19-10-5-15-4-2-3-9-18-15/h2-4,6,9,11,14H,5,7-8,10,12-13H2,1H3,(H,19,20,21). The number of anilines is 2. The molecule has 2 aromatic heterocycles. The molecular formula is C17H23N5. The summed E-state index contributed by atoms with van der Waals surface area (Å²) in [5, 5.41) is 3.29. The van der Waals surface area contributed by atoms with Crippen LogP contribution in [0.2, 0.25) is 0 Å². The van der Waals surface area contributed by atoms with Gasteiger partial charge in [-0.15, -0.1) is 0 Å². The number of piperidine rings is 1. The normalized spacial score (nSPS) is 15.8. The van der Waals surface area contributed by atoms with E-state index in [1.807, 2.05) is 36.7 Å². The predicted molar refractivity (Wildman–Crippen MR) is 89.1 cm³/mol. The maximum atomic E-state index is 4.64. The molecule has 0 atom stereocenters. The Morgan fingerprint density at radius 1 is 1.14 bits per heavy atom. The SMILES string of the molecule is CC1CCN(c2ccnc(NCCc3ccccn3)n2)CC1. The van der Waals surface area contributed by atoms with Gasteiger partial charge in [0.05, 0.1) is 0 Å².